The van der Waals surface area contributed by atoms with E-state index < -0.39 is 18.4 Å². The van der Waals surface area contributed by atoms with Crippen LogP contribution < -0.4 is 31.9 Å². The van der Waals surface area contributed by atoms with Gasteiger partial charge in [-0.15, -0.1) is 0 Å². The average molecular weight is 890 g/mol. The molecule has 6 N–H and O–H groups in total. The number of imide groups is 1. The van der Waals surface area contributed by atoms with Crippen molar-refractivity contribution in [2.24, 2.45) is 7.05 Å². The van der Waals surface area contributed by atoms with Crippen LogP contribution in [0, 0.1) is 10.8 Å². The number of fused-ring (bicyclic) bond motifs is 2. The topological polar surface area (TPSA) is 184 Å². The lowest BCUT2D eigenvalue weighted by molar-refractivity contribution is -0.135. The maximum Gasteiger partial charge on any atom is 0.329 e. The summed E-state index contributed by atoms with van der Waals surface area (Å²) in [6.45, 7) is 5.90. The van der Waals surface area contributed by atoms with Crippen molar-refractivity contribution in [3.8, 4) is 0 Å². The number of alkyl halides is 2. The van der Waals surface area contributed by atoms with E-state index in [1.807, 2.05) is 23.1 Å². The number of hydrogen-bond acceptors (Lipinski definition) is 10. The number of amidine groups is 1. The van der Waals surface area contributed by atoms with E-state index in [9.17, 15) is 33.4 Å². The average Bonchev–Trinajstić information content (AvgIpc) is 3.56. The fourth-order valence-electron chi connectivity index (χ4n) is 9.75. The van der Waals surface area contributed by atoms with Crippen molar-refractivity contribution in [2.75, 3.05) is 50.0 Å². The van der Waals surface area contributed by atoms with Gasteiger partial charge in [0.25, 0.3) is 6.43 Å². The Balaban J connectivity index is 0.906. The molecule has 17 heteroatoms. The first kappa shape index (κ1) is 45.0. The van der Waals surface area contributed by atoms with Crippen LogP contribution in [0.1, 0.15) is 85.7 Å². The number of para-hydroxylation sites is 1. The number of anilines is 2. The zero-order chi connectivity index (χ0) is 45.9. The van der Waals surface area contributed by atoms with Crippen molar-refractivity contribution in [1.29, 1.82) is 10.8 Å². The van der Waals surface area contributed by atoms with E-state index in [-0.39, 0.29) is 54.3 Å². The molecule has 2 saturated heterocycles. The van der Waals surface area contributed by atoms with Crippen LogP contribution in [0.25, 0.3) is 16.6 Å². The van der Waals surface area contributed by atoms with Gasteiger partial charge in [0.2, 0.25) is 17.7 Å². The van der Waals surface area contributed by atoms with Gasteiger partial charge in [-0.2, -0.15) is 0 Å². The van der Waals surface area contributed by atoms with Crippen LogP contribution in [0.15, 0.2) is 76.9 Å². The molecule has 0 radical (unpaired) electrons. The molecule has 0 saturated carbocycles. The van der Waals surface area contributed by atoms with Crippen molar-refractivity contribution in [3.63, 3.8) is 0 Å². The van der Waals surface area contributed by atoms with Gasteiger partial charge >= 0.3 is 5.69 Å². The van der Waals surface area contributed by atoms with Crippen LogP contribution >= 0.6 is 0 Å². The number of amides is 3. The minimum Gasteiger partial charge on any atom is -0.393 e. The zero-order valence-electron chi connectivity index (χ0n) is 37.1. The first-order chi connectivity index (χ1) is 31.3. The smallest absolute Gasteiger partial charge is 0.329 e. The van der Waals surface area contributed by atoms with E-state index in [1.54, 1.807) is 29.6 Å². The second kappa shape index (κ2) is 19.2. The Morgan fingerprint density at radius 3 is 2.42 bits per heavy atom. The van der Waals surface area contributed by atoms with Gasteiger partial charge in [-0.3, -0.25) is 39.1 Å². The molecule has 3 aromatic carbocycles. The van der Waals surface area contributed by atoms with Crippen LogP contribution in [-0.4, -0.2) is 94.5 Å². The van der Waals surface area contributed by atoms with Gasteiger partial charge in [0, 0.05) is 120 Å². The van der Waals surface area contributed by atoms with Gasteiger partial charge in [-0.1, -0.05) is 30.3 Å². The standard InChI is InChI=1S/C48H57F2N11O4/c1-29(62)59-21-17-38(37(28-59)46(52)60-18-5-6-32-22-35(33(24-51)26-53-2)36(45(49)50)23-42(32)60)55-34-15-19-58(20-16-34)27-31-11-9-30(10-12-31)25-54-39-7-4-8-40-44(39)57(3)48(65)61(40)41-13-14-43(63)56-47(41)64/h4,7-12,22-24,26,34,41,45,51-55H,5-6,13-21,25,27-28H2,1-3H3,(H,56,63,64)/b33-26+,51-24?,52-46?. The number of imidazole rings is 1. The van der Waals surface area contributed by atoms with Gasteiger partial charge in [-0.25, -0.2) is 13.6 Å². The third kappa shape index (κ3) is 9.32. The van der Waals surface area contributed by atoms with Gasteiger partial charge in [0.1, 0.15) is 11.9 Å². The predicted octanol–water partition coefficient (Wildman–Crippen LogP) is 5.57. The Kier molecular flexibility index (Phi) is 13.3. The number of aromatic nitrogens is 2. The number of likely N-dealkylation sites (tertiary alicyclic amines) is 1. The Hall–Kier alpha value is -6.62. The van der Waals surface area contributed by atoms with Crippen molar-refractivity contribution in [1.82, 2.24) is 34.9 Å². The number of piperidine rings is 2. The molecule has 0 aliphatic carbocycles. The third-order valence-electron chi connectivity index (χ3n) is 13.2. The first-order valence-corrected chi connectivity index (χ1v) is 22.4. The van der Waals surface area contributed by atoms with Crippen molar-refractivity contribution in [3.05, 3.63) is 110 Å². The summed E-state index contributed by atoms with van der Waals surface area (Å²) in [7, 11) is 3.35. The van der Waals surface area contributed by atoms with E-state index in [0.717, 1.165) is 67.6 Å². The third-order valence-corrected chi connectivity index (χ3v) is 13.2. The maximum atomic E-state index is 14.6. The summed E-state index contributed by atoms with van der Waals surface area (Å²) in [6, 6.07) is 16.7. The molecule has 1 aromatic heterocycles. The number of carbonyl (C=O) groups excluding carboxylic acids is 3. The van der Waals surface area contributed by atoms with Crippen molar-refractivity contribution >= 4 is 57.8 Å². The molecular weight excluding hydrogens is 833 g/mol. The molecule has 65 heavy (non-hydrogen) atoms. The van der Waals surface area contributed by atoms with Crippen LogP contribution in [0.5, 0.6) is 0 Å². The van der Waals surface area contributed by atoms with Gasteiger partial charge in [-0.05, 0) is 78.6 Å². The van der Waals surface area contributed by atoms with Gasteiger partial charge in [0.05, 0.1) is 23.3 Å². The molecule has 0 spiro atoms. The molecule has 0 bridgehead atoms. The quantitative estimate of drug-likeness (QED) is 0.0568. The summed E-state index contributed by atoms with van der Waals surface area (Å²) in [5.41, 5.74) is 7.57. The van der Waals surface area contributed by atoms with Crippen molar-refractivity contribution < 1.29 is 23.2 Å². The number of nitrogens with zero attached hydrogens (tertiary/aromatic N) is 5. The van der Waals surface area contributed by atoms with Crippen molar-refractivity contribution in [2.45, 2.75) is 83.5 Å². The fraction of sp³-hybridized carbons (Fsp3) is 0.417. The molecule has 8 rings (SSSR count). The van der Waals surface area contributed by atoms with Crippen LogP contribution in [-0.2, 0) is 40.9 Å². The van der Waals surface area contributed by atoms with Gasteiger partial charge in [0.15, 0.2) is 0 Å². The molecule has 342 valence electrons. The highest BCUT2D eigenvalue weighted by atomic mass is 19.3. The first-order valence-electron chi connectivity index (χ1n) is 22.4. The van der Waals surface area contributed by atoms with E-state index >= 15 is 0 Å². The lowest BCUT2D eigenvalue weighted by Gasteiger charge is -2.39. The minimum absolute atomic E-state index is 0.0731. The lowest BCUT2D eigenvalue weighted by atomic mass is 9.91. The largest absolute Gasteiger partial charge is 0.393 e. The Morgan fingerprint density at radius 2 is 1.72 bits per heavy atom. The molecule has 4 aliphatic heterocycles. The molecule has 4 aromatic rings. The molecular formula is C48H57F2N11O4. The number of carbonyl (C=O) groups is 3. The Labute approximate surface area is 376 Å². The zero-order valence-corrected chi connectivity index (χ0v) is 37.1. The number of aryl methyl sites for hydroxylation is 2. The maximum absolute atomic E-state index is 14.6. The number of nitrogens with one attached hydrogen (secondary N) is 6. The fourth-order valence-corrected chi connectivity index (χ4v) is 9.75. The molecule has 3 amide bonds. The molecule has 4 aliphatic rings. The highest BCUT2D eigenvalue weighted by Gasteiger charge is 2.34. The van der Waals surface area contributed by atoms with E-state index in [4.69, 9.17) is 5.41 Å². The Morgan fingerprint density at radius 1 is 0.969 bits per heavy atom. The highest BCUT2D eigenvalue weighted by molar-refractivity contribution is 6.11. The summed E-state index contributed by atoms with van der Waals surface area (Å²) in [6.07, 6.45) is 4.04. The second-order valence-electron chi connectivity index (χ2n) is 17.4. The summed E-state index contributed by atoms with van der Waals surface area (Å²) < 4.78 is 32.1. The molecule has 1 unspecified atom stereocenters. The number of benzene rings is 3. The molecule has 5 heterocycles. The Bertz CT molecular complexity index is 2640. The molecule has 2 fully saturated rings. The summed E-state index contributed by atoms with van der Waals surface area (Å²) in [4.78, 5) is 56.4. The predicted molar refractivity (Wildman–Crippen MR) is 248 cm³/mol. The van der Waals surface area contributed by atoms with Crippen LogP contribution in [0.4, 0.5) is 20.2 Å². The highest BCUT2D eigenvalue weighted by Crippen LogP contribution is 2.38. The second-order valence-corrected chi connectivity index (χ2v) is 17.4. The van der Waals surface area contributed by atoms with E-state index in [2.05, 4.69) is 50.4 Å². The monoisotopic (exact) mass is 889 g/mol. The SMILES string of the molecule is CN/C=C(\C=N)c1cc2c(cc1C(F)F)N(C(=N)C1=C(NC3CCN(Cc4ccc(CNc5cccc6c5n(C)c(=O)n6C5CCC(=O)NC5=O)cc4)CC3)CCN(C(C)=O)C1)CCC2. The van der Waals surface area contributed by atoms with Gasteiger partial charge < -0.3 is 31.2 Å². The van der Waals surface area contributed by atoms with E-state index in [0.29, 0.717) is 65.9 Å². The number of hydrogen-bond donors (Lipinski definition) is 6. The van der Waals surface area contributed by atoms with E-state index in [1.165, 1.54) is 29.3 Å². The number of halogens is 2. The minimum atomic E-state index is -2.77. The lowest BCUT2D eigenvalue weighted by Crippen LogP contribution is -2.47. The normalized spacial score (nSPS) is 18.8. The summed E-state index contributed by atoms with van der Waals surface area (Å²) in [5, 5.41) is 29.9. The summed E-state index contributed by atoms with van der Waals surface area (Å²) >= 11 is 0. The molecule has 15 nitrogen and oxygen atoms in total. The number of rotatable bonds is 13. The summed E-state index contributed by atoms with van der Waals surface area (Å²) in [5.74, 6) is -0.651. The van der Waals surface area contributed by atoms with Crippen LogP contribution in [0.3, 0.4) is 0 Å². The number of allylic oxidation sites excluding steroid dienone is 1. The molecule has 1 atom stereocenters. The van der Waals surface area contributed by atoms with Crippen LogP contribution in [0.2, 0.25) is 0 Å².